The lowest BCUT2D eigenvalue weighted by Gasteiger charge is -2.27. The van der Waals surface area contributed by atoms with Crippen LogP contribution in [0, 0.1) is 0 Å². The van der Waals surface area contributed by atoms with Crippen LogP contribution in [-0.4, -0.2) is 54.0 Å². The van der Waals surface area contributed by atoms with E-state index in [4.69, 9.17) is 11.6 Å². The van der Waals surface area contributed by atoms with E-state index in [0.29, 0.717) is 36.6 Å². The second-order valence-corrected chi connectivity index (χ2v) is 9.66. The topological polar surface area (TPSA) is 74.8 Å². The highest BCUT2D eigenvalue weighted by molar-refractivity contribution is 8.00. The summed E-state index contributed by atoms with van der Waals surface area (Å²) >= 11 is 7.45. The summed E-state index contributed by atoms with van der Waals surface area (Å²) < 4.78 is 27.0. The van der Waals surface area contributed by atoms with Crippen LogP contribution in [0.4, 0.5) is 0 Å². The molecule has 2 aliphatic heterocycles. The number of benzene rings is 1. The quantitative estimate of drug-likeness (QED) is 0.706. The second-order valence-electron chi connectivity index (χ2n) is 5.99. The van der Waals surface area contributed by atoms with Gasteiger partial charge in [-0.3, -0.25) is 14.5 Å². The minimum atomic E-state index is -3.58. The van der Waals surface area contributed by atoms with Crippen molar-refractivity contribution in [3.63, 3.8) is 0 Å². The van der Waals surface area contributed by atoms with Crippen LogP contribution in [0.25, 0.3) is 0 Å². The maximum Gasteiger partial charge on any atom is 0.229 e. The zero-order chi connectivity index (χ0) is 18.0. The van der Waals surface area contributed by atoms with Gasteiger partial charge in [0.1, 0.15) is 0 Å². The normalized spacial score (nSPS) is 22.6. The number of hydrogen-bond donors (Lipinski definition) is 0. The molecule has 0 radical (unpaired) electrons. The molecule has 1 unspecified atom stereocenters. The molecule has 25 heavy (non-hydrogen) atoms. The van der Waals surface area contributed by atoms with E-state index in [1.807, 2.05) is 12.1 Å². The zero-order valence-corrected chi connectivity index (χ0v) is 15.9. The molecule has 136 valence electrons. The summed E-state index contributed by atoms with van der Waals surface area (Å²) in [5, 5.41) is 0.304. The molecule has 0 aromatic heterocycles. The average molecular weight is 403 g/mol. The lowest BCUT2D eigenvalue weighted by Crippen LogP contribution is -2.44. The minimum Gasteiger partial charge on any atom is -0.282 e. The van der Waals surface area contributed by atoms with Gasteiger partial charge < -0.3 is 0 Å². The SMILES string of the molecule is O=C1CCCC(=O)N1CCS(=O)(=O)N1CCSC1c1ccc(Cl)cc1. The Labute approximate surface area is 156 Å². The van der Waals surface area contributed by atoms with Crippen molar-refractivity contribution in [2.45, 2.75) is 24.6 Å². The molecule has 0 saturated carbocycles. The average Bonchev–Trinajstić information content (AvgIpc) is 3.05. The fourth-order valence-corrected chi connectivity index (χ4v) is 6.40. The predicted octanol–water partition coefficient (Wildman–Crippen LogP) is 2.26. The third-order valence-electron chi connectivity index (χ3n) is 4.32. The molecule has 2 amide bonds. The predicted molar refractivity (Wildman–Crippen MR) is 97.7 cm³/mol. The van der Waals surface area contributed by atoms with Crippen LogP contribution in [0.2, 0.25) is 5.02 Å². The number of piperidine rings is 1. The number of carbonyl (C=O) groups is 2. The smallest absolute Gasteiger partial charge is 0.229 e. The van der Waals surface area contributed by atoms with Gasteiger partial charge in [0.05, 0.1) is 11.1 Å². The van der Waals surface area contributed by atoms with Gasteiger partial charge >= 0.3 is 0 Å². The van der Waals surface area contributed by atoms with E-state index in [9.17, 15) is 18.0 Å². The fourth-order valence-electron chi connectivity index (χ4n) is 3.00. The van der Waals surface area contributed by atoms with Crippen molar-refractivity contribution in [2.75, 3.05) is 24.6 Å². The van der Waals surface area contributed by atoms with E-state index < -0.39 is 10.0 Å². The van der Waals surface area contributed by atoms with Gasteiger partial charge in [-0.2, -0.15) is 4.31 Å². The van der Waals surface area contributed by atoms with E-state index in [2.05, 4.69) is 0 Å². The molecule has 0 N–H and O–H groups in total. The number of halogens is 1. The maximum atomic E-state index is 12.8. The summed E-state index contributed by atoms with van der Waals surface area (Å²) in [7, 11) is -3.58. The Kier molecular flexibility index (Phi) is 5.72. The van der Waals surface area contributed by atoms with Gasteiger partial charge in [-0.25, -0.2) is 8.42 Å². The van der Waals surface area contributed by atoms with Crippen LogP contribution in [0.5, 0.6) is 0 Å². The molecule has 2 fully saturated rings. The lowest BCUT2D eigenvalue weighted by atomic mass is 10.1. The summed E-state index contributed by atoms with van der Waals surface area (Å²) in [6.07, 6.45) is 1.15. The lowest BCUT2D eigenvalue weighted by molar-refractivity contribution is -0.147. The molecule has 0 spiro atoms. The molecular formula is C16H19ClN2O4S2. The first-order chi connectivity index (χ1) is 11.9. The zero-order valence-electron chi connectivity index (χ0n) is 13.6. The van der Waals surface area contributed by atoms with Crippen LogP contribution >= 0.6 is 23.4 Å². The summed E-state index contributed by atoms with van der Waals surface area (Å²) in [6.45, 7) is 0.344. The number of hydrogen-bond acceptors (Lipinski definition) is 5. The highest BCUT2D eigenvalue weighted by atomic mass is 35.5. The molecule has 0 bridgehead atoms. The van der Waals surface area contributed by atoms with E-state index in [-0.39, 0.29) is 29.5 Å². The first kappa shape index (κ1) is 18.7. The Morgan fingerprint density at radius 3 is 2.40 bits per heavy atom. The molecule has 9 heteroatoms. The van der Waals surface area contributed by atoms with Gasteiger partial charge in [0.2, 0.25) is 21.8 Å². The minimum absolute atomic E-state index is 0.0749. The molecule has 3 rings (SSSR count). The number of nitrogens with zero attached hydrogens (tertiary/aromatic N) is 2. The highest BCUT2D eigenvalue weighted by Gasteiger charge is 2.37. The number of imide groups is 1. The molecule has 1 aromatic rings. The van der Waals surface area contributed by atoms with Crippen molar-refractivity contribution in [1.29, 1.82) is 0 Å². The van der Waals surface area contributed by atoms with Crippen molar-refractivity contribution in [1.82, 2.24) is 9.21 Å². The number of rotatable bonds is 5. The standard InChI is InChI=1S/C16H19ClN2O4S2/c17-13-6-4-12(5-7-13)16-19(8-10-24-16)25(22,23)11-9-18-14(20)2-1-3-15(18)21/h4-7,16H,1-3,8-11H2. The van der Waals surface area contributed by atoms with Gasteiger partial charge in [0, 0.05) is 36.7 Å². The third-order valence-corrected chi connectivity index (χ3v) is 7.77. The molecule has 2 aliphatic rings. The Bertz CT molecular complexity index is 751. The molecule has 0 aliphatic carbocycles. The molecular weight excluding hydrogens is 384 g/mol. The van der Waals surface area contributed by atoms with Gasteiger partial charge in [-0.15, -0.1) is 11.8 Å². The van der Waals surface area contributed by atoms with E-state index >= 15 is 0 Å². The Morgan fingerprint density at radius 2 is 1.76 bits per heavy atom. The fraction of sp³-hybridized carbons (Fsp3) is 0.500. The van der Waals surface area contributed by atoms with Gasteiger partial charge in [-0.05, 0) is 24.1 Å². The molecule has 6 nitrogen and oxygen atoms in total. The largest absolute Gasteiger partial charge is 0.282 e. The monoisotopic (exact) mass is 402 g/mol. The Balaban J connectivity index is 1.71. The first-order valence-electron chi connectivity index (χ1n) is 8.08. The van der Waals surface area contributed by atoms with Crippen LogP contribution < -0.4 is 0 Å². The highest BCUT2D eigenvalue weighted by Crippen LogP contribution is 2.40. The molecule has 2 heterocycles. The van der Waals surface area contributed by atoms with E-state index in [1.54, 1.807) is 23.9 Å². The Morgan fingerprint density at radius 1 is 1.12 bits per heavy atom. The van der Waals surface area contributed by atoms with E-state index in [0.717, 1.165) is 10.5 Å². The Hall–Kier alpha value is -1.09. The van der Waals surface area contributed by atoms with Crippen LogP contribution in [0.15, 0.2) is 24.3 Å². The third kappa shape index (κ3) is 4.19. The maximum absolute atomic E-state index is 12.8. The van der Waals surface area contributed by atoms with Crippen LogP contribution in [0.1, 0.15) is 30.2 Å². The summed E-state index contributed by atoms with van der Waals surface area (Å²) in [6, 6.07) is 7.13. The van der Waals surface area contributed by atoms with Crippen LogP contribution in [-0.2, 0) is 19.6 Å². The van der Waals surface area contributed by atoms with Crippen molar-refractivity contribution in [2.24, 2.45) is 0 Å². The molecule has 1 aromatic carbocycles. The number of sulfonamides is 1. The van der Waals surface area contributed by atoms with Crippen LogP contribution in [0.3, 0.4) is 0 Å². The number of amides is 2. The van der Waals surface area contributed by atoms with Crippen molar-refractivity contribution >= 4 is 45.2 Å². The van der Waals surface area contributed by atoms with Gasteiger partial charge in [-0.1, -0.05) is 23.7 Å². The number of thioether (sulfide) groups is 1. The van der Waals surface area contributed by atoms with Crippen molar-refractivity contribution in [3.8, 4) is 0 Å². The number of likely N-dealkylation sites (tertiary alicyclic amines) is 1. The second kappa shape index (κ2) is 7.65. The first-order valence-corrected chi connectivity index (χ1v) is 11.1. The van der Waals surface area contributed by atoms with Gasteiger partial charge in [0.25, 0.3) is 0 Å². The molecule has 2 saturated heterocycles. The summed E-state index contributed by atoms with van der Waals surface area (Å²) in [4.78, 5) is 24.8. The van der Waals surface area contributed by atoms with Gasteiger partial charge in [0.15, 0.2) is 0 Å². The van der Waals surface area contributed by atoms with Crippen molar-refractivity contribution in [3.05, 3.63) is 34.9 Å². The molecule has 1 atom stereocenters. The summed E-state index contributed by atoms with van der Waals surface area (Å²) in [5.41, 5.74) is 0.876. The van der Waals surface area contributed by atoms with E-state index in [1.165, 1.54) is 4.31 Å². The van der Waals surface area contributed by atoms with Crippen molar-refractivity contribution < 1.29 is 18.0 Å². The number of carbonyl (C=O) groups excluding carboxylic acids is 2. The summed E-state index contributed by atoms with van der Waals surface area (Å²) in [5.74, 6) is -0.101.